The fraction of sp³-hybridized carbons (Fsp3) is 0.263. The lowest BCUT2D eigenvalue weighted by Gasteiger charge is -2.12. The normalized spacial score (nSPS) is 10.2. The highest BCUT2D eigenvalue weighted by molar-refractivity contribution is 6.37. The Kier molecular flexibility index (Phi) is 7.76. The number of benzene rings is 2. The smallest absolute Gasteiger partial charge is 0.256 e. The second-order valence-corrected chi connectivity index (χ2v) is 6.38. The van der Waals surface area contributed by atoms with Gasteiger partial charge in [0.1, 0.15) is 11.3 Å². The van der Waals surface area contributed by atoms with Crippen LogP contribution in [0.3, 0.4) is 0 Å². The number of carbonyl (C=O) groups excluding carboxylic acids is 2. The van der Waals surface area contributed by atoms with Crippen molar-refractivity contribution in [3.05, 3.63) is 57.6 Å². The molecule has 144 valence electrons. The molecule has 6 nitrogen and oxygen atoms in total. The van der Waals surface area contributed by atoms with E-state index in [9.17, 15) is 9.59 Å². The van der Waals surface area contributed by atoms with Crippen molar-refractivity contribution in [3.8, 4) is 11.5 Å². The number of ether oxygens (including phenoxy) is 2. The Morgan fingerprint density at radius 2 is 1.52 bits per heavy atom. The van der Waals surface area contributed by atoms with E-state index in [0.717, 1.165) is 11.3 Å². The van der Waals surface area contributed by atoms with Gasteiger partial charge in [-0.3, -0.25) is 9.59 Å². The minimum atomic E-state index is -0.427. The van der Waals surface area contributed by atoms with Gasteiger partial charge in [-0.2, -0.15) is 0 Å². The lowest BCUT2D eigenvalue weighted by atomic mass is 10.1. The lowest BCUT2D eigenvalue weighted by Crippen LogP contribution is -2.35. The predicted octanol–water partition coefficient (Wildman–Crippen LogP) is 3.10. The fourth-order valence-electron chi connectivity index (χ4n) is 2.40. The van der Waals surface area contributed by atoms with Crippen molar-refractivity contribution in [2.75, 3.05) is 27.3 Å². The molecule has 0 radical (unpaired) electrons. The van der Waals surface area contributed by atoms with Gasteiger partial charge in [0.15, 0.2) is 5.75 Å². The number of hydrogen-bond acceptors (Lipinski definition) is 4. The van der Waals surface area contributed by atoms with Gasteiger partial charge in [0.25, 0.3) is 5.91 Å². The summed E-state index contributed by atoms with van der Waals surface area (Å²) in [4.78, 5) is 24.3. The van der Waals surface area contributed by atoms with E-state index in [4.69, 9.17) is 32.7 Å². The zero-order chi connectivity index (χ0) is 19.8. The third kappa shape index (κ3) is 5.77. The molecular weight excluding hydrogens is 391 g/mol. The first-order chi connectivity index (χ1) is 13.0. The maximum Gasteiger partial charge on any atom is 0.256 e. The van der Waals surface area contributed by atoms with Crippen LogP contribution in [-0.4, -0.2) is 39.1 Å². The Morgan fingerprint density at radius 3 is 2.15 bits per heavy atom. The highest BCUT2D eigenvalue weighted by atomic mass is 35.5. The van der Waals surface area contributed by atoms with E-state index in [1.54, 1.807) is 25.3 Å². The third-order valence-corrected chi connectivity index (χ3v) is 4.36. The molecule has 0 unspecified atom stereocenters. The summed E-state index contributed by atoms with van der Waals surface area (Å²) in [6.07, 6.45) is 0.242. The molecule has 0 saturated carbocycles. The summed E-state index contributed by atoms with van der Waals surface area (Å²) in [7, 11) is 3.00. The average molecular weight is 411 g/mol. The first-order valence-electron chi connectivity index (χ1n) is 8.16. The number of carbonyl (C=O) groups is 2. The number of rotatable bonds is 8. The van der Waals surface area contributed by atoms with Gasteiger partial charge in [-0.15, -0.1) is 0 Å². The quantitative estimate of drug-likeness (QED) is 0.655. The molecule has 0 spiro atoms. The van der Waals surface area contributed by atoms with E-state index >= 15 is 0 Å². The third-order valence-electron chi connectivity index (χ3n) is 3.75. The Labute approximate surface area is 167 Å². The minimum absolute atomic E-state index is 0.146. The summed E-state index contributed by atoms with van der Waals surface area (Å²) >= 11 is 12.1. The summed E-state index contributed by atoms with van der Waals surface area (Å²) in [5.74, 6) is 0.374. The molecule has 27 heavy (non-hydrogen) atoms. The van der Waals surface area contributed by atoms with Gasteiger partial charge in [-0.25, -0.2) is 0 Å². The van der Waals surface area contributed by atoms with E-state index in [2.05, 4.69) is 10.6 Å². The summed E-state index contributed by atoms with van der Waals surface area (Å²) in [6.45, 7) is 0.514. The van der Waals surface area contributed by atoms with Crippen molar-refractivity contribution in [2.24, 2.45) is 0 Å². The molecule has 0 bridgehead atoms. The summed E-state index contributed by atoms with van der Waals surface area (Å²) < 4.78 is 10.2. The van der Waals surface area contributed by atoms with E-state index < -0.39 is 5.91 Å². The zero-order valence-electron chi connectivity index (χ0n) is 15.0. The maximum atomic E-state index is 12.3. The number of methoxy groups -OCH3 is 2. The molecule has 2 aromatic carbocycles. The summed E-state index contributed by atoms with van der Waals surface area (Å²) in [6, 6.07) is 10.3. The molecule has 0 saturated heterocycles. The largest absolute Gasteiger partial charge is 0.497 e. The Balaban J connectivity index is 1.82. The van der Waals surface area contributed by atoms with Gasteiger partial charge in [0.05, 0.1) is 30.7 Å². The van der Waals surface area contributed by atoms with Crippen LogP contribution in [0.15, 0.2) is 36.4 Å². The number of nitrogens with one attached hydrogen (secondary N) is 2. The minimum Gasteiger partial charge on any atom is -0.497 e. The lowest BCUT2D eigenvalue weighted by molar-refractivity contribution is -0.120. The standard InChI is InChI=1S/C19H20Cl2N2O4/c1-26-13-5-3-12(4-6-13)11-16(24)22-9-10-23-19(25)17-14(20)7-8-15(21)18(17)27-2/h3-8H,9-11H2,1-2H3,(H,22,24)(H,23,25). The van der Waals surface area contributed by atoms with Crippen LogP contribution >= 0.6 is 23.2 Å². The van der Waals surface area contributed by atoms with Crippen LogP contribution in [-0.2, 0) is 11.2 Å². The number of amides is 2. The molecule has 0 aliphatic rings. The van der Waals surface area contributed by atoms with E-state index in [1.807, 2.05) is 12.1 Å². The molecule has 2 amide bonds. The molecule has 8 heteroatoms. The van der Waals surface area contributed by atoms with Crippen LogP contribution in [0.5, 0.6) is 11.5 Å². The Morgan fingerprint density at radius 1 is 0.889 bits per heavy atom. The summed E-state index contributed by atoms with van der Waals surface area (Å²) in [5.41, 5.74) is 1.03. The fourth-order valence-corrected chi connectivity index (χ4v) is 2.87. The monoisotopic (exact) mass is 410 g/mol. The van der Waals surface area contributed by atoms with Crippen LogP contribution < -0.4 is 20.1 Å². The highest BCUT2D eigenvalue weighted by Crippen LogP contribution is 2.33. The van der Waals surface area contributed by atoms with Crippen molar-refractivity contribution in [1.29, 1.82) is 0 Å². The van der Waals surface area contributed by atoms with Gasteiger partial charge in [-0.1, -0.05) is 35.3 Å². The van der Waals surface area contributed by atoms with Crippen molar-refractivity contribution in [1.82, 2.24) is 10.6 Å². The topological polar surface area (TPSA) is 76.7 Å². The Hall–Kier alpha value is -2.44. The second-order valence-electron chi connectivity index (χ2n) is 5.57. The predicted molar refractivity (Wildman–Crippen MR) is 105 cm³/mol. The second kappa shape index (κ2) is 10.0. The molecule has 2 aromatic rings. The first kappa shape index (κ1) is 20.9. The Bertz CT molecular complexity index is 810. The van der Waals surface area contributed by atoms with Crippen LogP contribution in [0, 0.1) is 0 Å². The first-order valence-corrected chi connectivity index (χ1v) is 8.91. The van der Waals surface area contributed by atoms with E-state index in [-0.39, 0.29) is 41.8 Å². The van der Waals surface area contributed by atoms with Gasteiger partial charge in [-0.05, 0) is 29.8 Å². The number of hydrogen-bond donors (Lipinski definition) is 2. The van der Waals surface area contributed by atoms with E-state index in [1.165, 1.54) is 13.2 Å². The van der Waals surface area contributed by atoms with Gasteiger partial charge >= 0.3 is 0 Å². The molecule has 0 fully saturated rings. The molecule has 0 aliphatic carbocycles. The molecular formula is C19H20Cl2N2O4. The van der Waals surface area contributed by atoms with Gasteiger partial charge in [0, 0.05) is 13.1 Å². The van der Waals surface area contributed by atoms with Crippen molar-refractivity contribution >= 4 is 35.0 Å². The molecule has 0 aliphatic heterocycles. The summed E-state index contributed by atoms with van der Waals surface area (Å²) in [5, 5.41) is 5.95. The van der Waals surface area contributed by atoms with Crippen molar-refractivity contribution < 1.29 is 19.1 Å². The highest BCUT2D eigenvalue weighted by Gasteiger charge is 2.19. The molecule has 0 heterocycles. The van der Waals surface area contributed by atoms with Crippen molar-refractivity contribution in [2.45, 2.75) is 6.42 Å². The molecule has 0 atom stereocenters. The van der Waals surface area contributed by atoms with Crippen LogP contribution in [0.25, 0.3) is 0 Å². The van der Waals surface area contributed by atoms with Crippen molar-refractivity contribution in [3.63, 3.8) is 0 Å². The van der Waals surface area contributed by atoms with Gasteiger partial charge < -0.3 is 20.1 Å². The number of halogens is 2. The van der Waals surface area contributed by atoms with Crippen LogP contribution in [0.1, 0.15) is 15.9 Å². The molecule has 2 rings (SSSR count). The maximum absolute atomic E-state index is 12.3. The van der Waals surface area contributed by atoms with Gasteiger partial charge in [0.2, 0.25) is 5.91 Å². The molecule has 2 N–H and O–H groups in total. The van der Waals surface area contributed by atoms with E-state index in [0.29, 0.717) is 5.02 Å². The average Bonchev–Trinajstić information content (AvgIpc) is 2.67. The molecule has 0 aromatic heterocycles. The zero-order valence-corrected chi connectivity index (χ0v) is 16.5. The van der Waals surface area contributed by atoms with Crippen LogP contribution in [0.4, 0.5) is 0 Å². The van der Waals surface area contributed by atoms with Crippen LogP contribution in [0.2, 0.25) is 10.0 Å². The SMILES string of the molecule is COc1ccc(CC(=O)NCCNC(=O)c2c(Cl)ccc(Cl)c2OC)cc1.